The van der Waals surface area contributed by atoms with E-state index in [1.54, 1.807) is 25.2 Å². The van der Waals surface area contributed by atoms with Gasteiger partial charge in [-0.25, -0.2) is 13.1 Å². The fourth-order valence-electron chi connectivity index (χ4n) is 2.08. The van der Waals surface area contributed by atoms with Crippen molar-refractivity contribution >= 4 is 16.0 Å². The Hall–Kier alpha value is -1.64. The van der Waals surface area contributed by atoms with Gasteiger partial charge < -0.3 is 15.4 Å². The molecule has 0 fully saturated rings. The van der Waals surface area contributed by atoms with Crippen LogP contribution in [0.25, 0.3) is 0 Å². The second-order valence-electron chi connectivity index (χ2n) is 5.53. The summed E-state index contributed by atoms with van der Waals surface area (Å²) in [5, 5.41) is 6.39. The van der Waals surface area contributed by atoms with Gasteiger partial charge in [0.15, 0.2) is 5.96 Å². The molecule has 0 aliphatic rings. The molecule has 0 bridgehead atoms. The quantitative estimate of drug-likeness (QED) is 0.312. The largest absolute Gasteiger partial charge is 0.381 e. The summed E-state index contributed by atoms with van der Waals surface area (Å²) < 4.78 is 31.5. The van der Waals surface area contributed by atoms with Gasteiger partial charge >= 0.3 is 0 Å². The third-order valence-electron chi connectivity index (χ3n) is 3.56. The number of guanidine groups is 1. The van der Waals surface area contributed by atoms with Gasteiger partial charge in [0, 0.05) is 33.4 Å². The minimum absolute atomic E-state index is 0.251. The minimum atomic E-state index is -3.43. The van der Waals surface area contributed by atoms with Crippen LogP contribution in [0.4, 0.5) is 0 Å². The van der Waals surface area contributed by atoms with Crippen molar-refractivity contribution in [1.29, 1.82) is 0 Å². The monoisotopic (exact) mass is 370 g/mol. The molecule has 1 aromatic rings. The van der Waals surface area contributed by atoms with E-state index in [2.05, 4.69) is 27.3 Å². The molecule has 0 saturated carbocycles. The molecule has 0 saturated heterocycles. The van der Waals surface area contributed by atoms with Crippen LogP contribution in [-0.4, -0.2) is 48.2 Å². The Balaban J connectivity index is 2.39. The van der Waals surface area contributed by atoms with Crippen LogP contribution in [0.1, 0.15) is 31.7 Å². The van der Waals surface area contributed by atoms with Gasteiger partial charge in [0.1, 0.15) is 0 Å². The van der Waals surface area contributed by atoms with E-state index in [4.69, 9.17) is 4.74 Å². The molecular formula is C17H30N4O3S. The highest BCUT2D eigenvalue weighted by Gasteiger charge is 2.11. The summed E-state index contributed by atoms with van der Waals surface area (Å²) in [5.74, 6) is 0.676. The lowest BCUT2D eigenvalue weighted by molar-refractivity contribution is 0.129. The molecule has 0 aliphatic carbocycles. The topological polar surface area (TPSA) is 91.8 Å². The molecule has 8 heteroatoms. The summed E-state index contributed by atoms with van der Waals surface area (Å²) in [6, 6.07) is 6.82. The predicted octanol–water partition coefficient (Wildman–Crippen LogP) is 1.47. The average Bonchev–Trinajstić information content (AvgIpc) is 2.63. The first-order valence-corrected chi connectivity index (χ1v) is 10.1. The van der Waals surface area contributed by atoms with Gasteiger partial charge in [0.2, 0.25) is 10.0 Å². The highest BCUT2D eigenvalue weighted by molar-refractivity contribution is 7.89. The second-order valence-corrected chi connectivity index (χ2v) is 7.41. The number of rotatable bonds is 11. The summed E-state index contributed by atoms with van der Waals surface area (Å²) >= 11 is 0. The standard InChI is InChI=1S/C17H30N4O3S/c1-4-5-11-24-12-7-10-20-17(18-2)21-14-15-8-6-9-16(13-15)25(22,23)19-3/h6,8-9,13,19H,4-5,7,10-12,14H2,1-3H3,(H2,18,20,21). The SMILES string of the molecule is CCCCOCCCNC(=NC)NCc1cccc(S(=O)(=O)NC)c1. The van der Waals surface area contributed by atoms with Crippen LogP contribution in [0, 0.1) is 0 Å². The molecule has 3 N–H and O–H groups in total. The van der Waals surface area contributed by atoms with Gasteiger partial charge in [-0.2, -0.15) is 0 Å². The smallest absolute Gasteiger partial charge is 0.240 e. The molecule has 0 amide bonds. The van der Waals surface area contributed by atoms with E-state index in [0.717, 1.165) is 44.6 Å². The van der Waals surface area contributed by atoms with Gasteiger partial charge in [-0.3, -0.25) is 4.99 Å². The van der Waals surface area contributed by atoms with Crippen molar-refractivity contribution in [3.05, 3.63) is 29.8 Å². The van der Waals surface area contributed by atoms with E-state index in [9.17, 15) is 8.42 Å². The Labute approximate surface area is 151 Å². The Morgan fingerprint density at radius 2 is 1.96 bits per heavy atom. The van der Waals surface area contributed by atoms with Crippen molar-refractivity contribution in [1.82, 2.24) is 15.4 Å². The highest BCUT2D eigenvalue weighted by atomic mass is 32.2. The van der Waals surface area contributed by atoms with Crippen molar-refractivity contribution in [2.45, 2.75) is 37.6 Å². The average molecular weight is 371 g/mol. The number of sulfonamides is 1. The van der Waals surface area contributed by atoms with Crippen LogP contribution < -0.4 is 15.4 Å². The zero-order valence-electron chi connectivity index (χ0n) is 15.3. The minimum Gasteiger partial charge on any atom is -0.381 e. The molecule has 0 spiro atoms. The number of nitrogens with zero attached hydrogens (tertiary/aromatic N) is 1. The van der Waals surface area contributed by atoms with Crippen molar-refractivity contribution in [3.8, 4) is 0 Å². The molecule has 0 heterocycles. The first kappa shape index (κ1) is 21.4. The molecule has 7 nitrogen and oxygen atoms in total. The number of unbranched alkanes of at least 4 members (excludes halogenated alkanes) is 1. The third kappa shape index (κ3) is 8.33. The van der Waals surface area contributed by atoms with Crippen LogP contribution in [0.2, 0.25) is 0 Å². The maximum Gasteiger partial charge on any atom is 0.240 e. The maximum absolute atomic E-state index is 11.8. The van der Waals surface area contributed by atoms with Crippen LogP contribution in [-0.2, 0) is 21.3 Å². The van der Waals surface area contributed by atoms with Crippen molar-refractivity contribution in [2.75, 3.05) is 33.9 Å². The predicted molar refractivity (Wildman–Crippen MR) is 101 cm³/mol. The summed E-state index contributed by atoms with van der Waals surface area (Å²) in [5.41, 5.74) is 0.863. The first-order chi connectivity index (χ1) is 12.0. The molecule has 0 unspecified atom stereocenters. The third-order valence-corrected chi connectivity index (χ3v) is 4.97. The number of hydrogen-bond acceptors (Lipinski definition) is 4. The zero-order chi connectivity index (χ0) is 18.5. The fraction of sp³-hybridized carbons (Fsp3) is 0.588. The fourth-order valence-corrected chi connectivity index (χ4v) is 2.88. The Bertz CT molecular complexity index is 633. The van der Waals surface area contributed by atoms with Crippen molar-refractivity contribution < 1.29 is 13.2 Å². The highest BCUT2D eigenvalue weighted by Crippen LogP contribution is 2.10. The van der Waals surface area contributed by atoms with E-state index in [0.29, 0.717) is 12.5 Å². The maximum atomic E-state index is 11.8. The molecule has 0 aromatic heterocycles. The number of nitrogens with one attached hydrogen (secondary N) is 3. The van der Waals surface area contributed by atoms with E-state index in [1.165, 1.54) is 7.05 Å². The van der Waals surface area contributed by atoms with E-state index >= 15 is 0 Å². The second kappa shape index (κ2) is 11.8. The Kier molecular flexibility index (Phi) is 10.1. The number of ether oxygens (including phenoxy) is 1. The Morgan fingerprint density at radius 1 is 1.20 bits per heavy atom. The molecule has 142 valence electrons. The lowest BCUT2D eigenvalue weighted by atomic mass is 10.2. The van der Waals surface area contributed by atoms with Crippen molar-refractivity contribution in [3.63, 3.8) is 0 Å². The van der Waals surface area contributed by atoms with Gasteiger partial charge in [-0.05, 0) is 37.6 Å². The number of aliphatic imine (C=N–C) groups is 1. The van der Waals surface area contributed by atoms with E-state index in [-0.39, 0.29) is 4.90 Å². The molecule has 0 radical (unpaired) electrons. The van der Waals surface area contributed by atoms with Crippen molar-refractivity contribution in [2.24, 2.45) is 4.99 Å². The van der Waals surface area contributed by atoms with Gasteiger partial charge in [-0.1, -0.05) is 25.5 Å². The molecule has 25 heavy (non-hydrogen) atoms. The van der Waals surface area contributed by atoms with Crippen LogP contribution >= 0.6 is 0 Å². The summed E-state index contributed by atoms with van der Waals surface area (Å²) in [6.07, 6.45) is 3.14. The van der Waals surface area contributed by atoms with Gasteiger partial charge in [0.05, 0.1) is 4.90 Å². The molecule has 1 rings (SSSR count). The molecular weight excluding hydrogens is 340 g/mol. The number of benzene rings is 1. The van der Waals surface area contributed by atoms with E-state index < -0.39 is 10.0 Å². The van der Waals surface area contributed by atoms with Gasteiger partial charge in [-0.15, -0.1) is 0 Å². The normalized spacial score (nSPS) is 12.2. The molecule has 1 aromatic carbocycles. The number of hydrogen-bond donors (Lipinski definition) is 3. The summed E-state index contributed by atoms with van der Waals surface area (Å²) in [4.78, 5) is 4.41. The van der Waals surface area contributed by atoms with Crippen LogP contribution in [0.15, 0.2) is 34.2 Å². The summed E-state index contributed by atoms with van der Waals surface area (Å²) in [7, 11) is -0.326. The lowest BCUT2D eigenvalue weighted by Crippen LogP contribution is -2.37. The Morgan fingerprint density at radius 3 is 2.64 bits per heavy atom. The lowest BCUT2D eigenvalue weighted by Gasteiger charge is -2.12. The summed E-state index contributed by atoms with van der Waals surface area (Å²) in [6.45, 7) is 4.94. The first-order valence-electron chi connectivity index (χ1n) is 8.58. The van der Waals surface area contributed by atoms with E-state index in [1.807, 2.05) is 6.07 Å². The van der Waals surface area contributed by atoms with Gasteiger partial charge in [0.25, 0.3) is 0 Å². The van der Waals surface area contributed by atoms with Crippen LogP contribution in [0.5, 0.6) is 0 Å². The molecule has 0 aliphatic heterocycles. The van der Waals surface area contributed by atoms with Crippen LogP contribution in [0.3, 0.4) is 0 Å². The zero-order valence-corrected chi connectivity index (χ0v) is 16.2. The molecule has 0 atom stereocenters.